The van der Waals surface area contributed by atoms with Crippen molar-refractivity contribution in [3.05, 3.63) is 54.1 Å². The number of carbonyl (C=O) groups excluding carboxylic acids is 2. The normalized spacial score (nSPS) is 10.8. The molecular formula is C21H23N3O3. The Morgan fingerprint density at radius 1 is 1.04 bits per heavy atom. The van der Waals surface area contributed by atoms with Crippen LogP contribution in [0.3, 0.4) is 0 Å². The number of benzene rings is 2. The van der Waals surface area contributed by atoms with E-state index in [-0.39, 0.29) is 6.10 Å². The summed E-state index contributed by atoms with van der Waals surface area (Å²) in [6, 6.07) is 15.6. The van der Waals surface area contributed by atoms with Crippen LogP contribution in [0.1, 0.15) is 33.3 Å². The van der Waals surface area contributed by atoms with Crippen LogP contribution >= 0.6 is 0 Å². The second kappa shape index (κ2) is 8.37. The third-order valence-corrected chi connectivity index (χ3v) is 3.88. The third-order valence-electron chi connectivity index (χ3n) is 3.88. The van der Waals surface area contributed by atoms with E-state index in [1.54, 1.807) is 42.5 Å². The van der Waals surface area contributed by atoms with E-state index in [1.807, 2.05) is 26.0 Å². The van der Waals surface area contributed by atoms with Crippen LogP contribution in [0.25, 0.3) is 0 Å². The summed E-state index contributed by atoms with van der Waals surface area (Å²) in [5.41, 5.74) is 0.0509. The quantitative estimate of drug-likeness (QED) is 0.758. The molecule has 0 fully saturated rings. The standard InChI is InChI=1S/C21H23N3O3/c1-14(2)27-18-11-6-5-10-17(18)24-20(26)21(3,4)19(25)23-16-9-7-8-15(12-16)13-22/h5-12,14H,1-4H3,(H,23,25)(H,24,26). The van der Waals surface area contributed by atoms with Gasteiger partial charge in [0.25, 0.3) is 0 Å². The minimum atomic E-state index is -1.34. The van der Waals surface area contributed by atoms with Gasteiger partial charge in [-0.2, -0.15) is 5.26 Å². The number of hydrogen-bond donors (Lipinski definition) is 2. The van der Waals surface area contributed by atoms with Gasteiger partial charge in [0.05, 0.1) is 23.4 Å². The predicted molar refractivity (Wildman–Crippen MR) is 104 cm³/mol. The maximum Gasteiger partial charge on any atom is 0.239 e. The summed E-state index contributed by atoms with van der Waals surface area (Å²) in [4.78, 5) is 25.4. The summed E-state index contributed by atoms with van der Waals surface area (Å²) in [5, 5.41) is 14.4. The molecule has 27 heavy (non-hydrogen) atoms. The first kappa shape index (κ1) is 20.0. The van der Waals surface area contributed by atoms with E-state index in [2.05, 4.69) is 10.6 Å². The number of rotatable bonds is 6. The predicted octanol–water partition coefficient (Wildman–Crippen LogP) is 3.95. The van der Waals surface area contributed by atoms with Gasteiger partial charge in [0.1, 0.15) is 11.2 Å². The summed E-state index contributed by atoms with van der Waals surface area (Å²) < 4.78 is 5.69. The van der Waals surface area contributed by atoms with Crippen LogP contribution in [0.2, 0.25) is 0 Å². The highest BCUT2D eigenvalue weighted by Gasteiger charge is 2.36. The van der Waals surface area contributed by atoms with E-state index in [0.717, 1.165) is 0 Å². The molecule has 0 heterocycles. The molecule has 2 N–H and O–H groups in total. The summed E-state index contributed by atoms with van der Waals surface area (Å²) in [7, 11) is 0. The van der Waals surface area contributed by atoms with Crippen molar-refractivity contribution in [3.63, 3.8) is 0 Å². The summed E-state index contributed by atoms with van der Waals surface area (Å²) in [5.74, 6) is -0.396. The molecule has 2 amide bonds. The second-order valence-electron chi connectivity index (χ2n) is 6.89. The van der Waals surface area contributed by atoms with Crippen molar-refractivity contribution in [1.82, 2.24) is 0 Å². The molecule has 0 bridgehead atoms. The van der Waals surface area contributed by atoms with Crippen molar-refractivity contribution in [2.45, 2.75) is 33.8 Å². The zero-order chi connectivity index (χ0) is 20.0. The monoisotopic (exact) mass is 365 g/mol. The lowest BCUT2D eigenvalue weighted by Gasteiger charge is -2.24. The van der Waals surface area contributed by atoms with Crippen molar-refractivity contribution < 1.29 is 14.3 Å². The molecule has 0 saturated carbocycles. The van der Waals surface area contributed by atoms with Crippen molar-refractivity contribution >= 4 is 23.2 Å². The molecule has 6 heteroatoms. The van der Waals surface area contributed by atoms with E-state index in [4.69, 9.17) is 10.00 Å². The number of anilines is 2. The molecular weight excluding hydrogens is 342 g/mol. The summed E-state index contributed by atoms with van der Waals surface area (Å²) in [6.07, 6.45) is -0.0493. The van der Waals surface area contributed by atoms with E-state index in [1.165, 1.54) is 13.8 Å². The highest BCUT2D eigenvalue weighted by molar-refractivity contribution is 6.14. The first-order chi connectivity index (χ1) is 12.7. The van der Waals surface area contributed by atoms with E-state index in [9.17, 15) is 9.59 Å². The number of ether oxygens (including phenoxy) is 1. The zero-order valence-corrected chi connectivity index (χ0v) is 15.9. The highest BCUT2D eigenvalue weighted by atomic mass is 16.5. The van der Waals surface area contributed by atoms with Crippen LogP contribution in [0.4, 0.5) is 11.4 Å². The Kier molecular flexibility index (Phi) is 6.19. The maximum absolute atomic E-state index is 12.7. The lowest BCUT2D eigenvalue weighted by atomic mass is 9.90. The van der Waals surface area contributed by atoms with Gasteiger partial charge in [-0.15, -0.1) is 0 Å². The Morgan fingerprint density at radius 3 is 2.37 bits per heavy atom. The van der Waals surface area contributed by atoms with Crippen LogP contribution in [-0.2, 0) is 9.59 Å². The Labute approximate surface area is 159 Å². The van der Waals surface area contributed by atoms with Crippen LogP contribution in [0.15, 0.2) is 48.5 Å². The average molecular weight is 365 g/mol. The van der Waals surface area contributed by atoms with Gasteiger partial charge in [0.15, 0.2) is 0 Å². The summed E-state index contributed by atoms with van der Waals surface area (Å²) in [6.45, 7) is 6.87. The van der Waals surface area contributed by atoms with Crippen LogP contribution in [0, 0.1) is 16.7 Å². The topological polar surface area (TPSA) is 91.2 Å². The first-order valence-corrected chi connectivity index (χ1v) is 8.63. The number of hydrogen-bond acceptors (Lipinski definition) is 4. The molecule has 0 aromatic heterocycles. The third kappa shape index (κ3) is 5.08. The Bertz CT molecular complexity index is 882. The smallest absolute Gasteiger partial charge is 0.239 e. The molecule has 2 rings (SSSR count). The maximum atomic E-state index is 12.7. The van der Waals surface area contributed by atoms with Gasteiger partial charge in [-0.3, -0.25) is 9.59 Å². The van der Waals surface area contributed by atoms with E-state index in [0.29, 0.717) is 22.7 Å². The minimum absolute atomic E-state index is 0.0493. The van der Waals surface area contributed by atoms with Gasteiger partial charge in [0, 0.05) is 5.69 Å². The van der Waals surface area contributed by atoms with Crippen molar-refractivity contribution in [2.24, 2.45) is 5.41 Å². The molecule has 0 aliphatic rings. The van der Waals surface area contributed by atoms with Crippen molar-refractivity contribution in [1.29, 1.82) is 5.26 Å². The summed E-state index contributed by atoms with van der Waals surface area (Å²) >= 11 is 0. The average Bonchev–Trinajstić information content (AvgIpc) is 2.63. The second-order valence-corrected chi connectivity index (χ2v) is 6.89. The zero-order valence-electron chi connectivity index (χ0n) is 15.9. The van der Waals surface area contributed by atoms with E-state index < -0.39 is 17.2 Å². The fraction of sp³-hybridized carbons (Fsp3) is 0.286. The number of nitriles is 1. The van der Waals surface area contributed by atoms with E-state index >= 15 is 0 Å². The molecule has 0 unspecified atom stereocenters. The van der Waals surface area contributed by atoms with Gasteiger partial charge in [-0.1, -0.05) is 18.2 Å². The van der Waals surface area contributed by atoms with Gasteiger partial charge in [0.2, 0.25) is 11.8 Å². The fourth-order valence-electron chi connectivity index (χ4n) is 2.26. The molecule has 0 atom stereocenters. The lowest BCUT2D eigenvalue weighted by molar-refractivity contribution is -0.135. The van der Waals surface area contributed by atoms with Gasteiger partial charge < -0.3 is 15.4 Å². The van der Waals surface area contributed by atoms with Gasteiger partial charge in [-0.25, -0.2) is 0 Å². The Balaban J connectivity index is 2.15. The Hall–Kier alpha value is -3.33. The number of para-hydroxylation sites is 2. The molecule has 6 nitrogen and oxygen atoms in total. The molecule has 0 spiro atoms. The molecule has 0 saturated heterocycles. The molecule has 0 aliphatic heterocycles. The molecule has 140 valence electrons. The number of carbonyl (C=O) groups is 2. The Morgan fingerprint density at radius 2 is 1.70 bits per heavy atom. The van der Waals surface area contributed by atoms with Gasteiger partial charge in [-0.05, 0) is 58.0 Å². The van der Waals surface area contributed by atoms with Crippen LogP contribution in [-0.4, -0.2) is 17.9 Å². The lowest BCUT2D eigenvalue weighted by Crippen LogP contribution is -2.41. The number of amides is 2. The van der Waals surface area contributed by atoms with Crippen LogP contribution < -0.4 is 15.4 Å². The SMILES string of the molecule is CC(C)Oc1ccccc1NC(=O)C(C)(C)C(=O)Nc1cccc(C#N)c1. The van der Waals surface area contributed by atoms with Crippen molar-refractivity contribution in [3.8, 4) is 11.8 Å². The molecule has 0 aliphatic carbocycles. The molecule has 2 aromatic rings. The highest BCUT2D eigenvalue weighted by Crippen LogP contribution is 2.28. The number of nitrogens with zero attached hydrogens (tertiary/aromatic N) is 1. The minimum Gasteiger partial charge on any atom is -0.489 e. The molecule has 0 radical (unpaired) electrons. The van der Waals surface area contributed by atoms with Crippen molar-refractivity contribution in [2.75, 3.05) is 10.6 Å². The largest absolute Gasteiger partial charge is 0.489 e. The van der Waals surface area contributed by atoms with Gasteiger partial charge >= 0.3 is 0 Å². The van der Waals surface area contributed by atoms with Crippen LogP contribution in [0.5, 0.6) is 5.75 Å². The first-order valence-electron chi connectivity index (χ1n) is 8.63. The molecule has 2 aromatic carbocycles. The fourth-order valence-corrected chi connectivity index (χ4v) is 2.26. The number of nitrogens with one attached hydrogen (secondary N) is 2.